The Morgan fingerprint density at radius 1 is 1.25 bits per heavy atom. The maximum Gasteiger partial charge on any atom is 0.417 e. The van der Waals surface area contributed by atoms with Gasteiger partial charge in [-0.15, -0.1) is 11.6 Å². The van der Waals surface area contributed by atoms with Crippen molar-refractivity contribution in [3.05, 3.63) is 48.0 Å². The van der Waals surface area contributed by atoms with E-state index in [1.54, 1.807) is 12.1 Å². The summed E-state index contributed by atoms with van der Waals surface area (Å²) in [5.41, 5.74) is 0.548. The molecule has 0 aliphatic heterocycles. The second-order valence-electron chi connectivity index (χ2n) is 4.16. The highest BCUT2D eigenvalue weighted by Gasteiger charge is 2.31. The van der Waals surface area contributed by atoms with E-state index in [1.807, 2.05) is 0 Å². The molecule has 0 aliphatic carbocycles. The molecule has 0 radical (unpaired) electrons. The molecule has 3 rings (SSSR count). The number of hydrogen-bond donors (Lipinski definition) is 0. The van der Waals surface area contributed by atoms with Crippen LogP contribution in [0.2, 0.25) is 0 Å². The Bertz CT molecular complexity index is 747. The molecular formula is C13H8ClF3N2O. The Balaban J connectivity index is 2.25. The van der Waals surface area contributed by atoms with Crippen LogP contribution in [0.25, 0.3) is 17.1 Å². The summed E-state index contributed by atoms with van der Waals surface area (Å²) < 4.78 is 44.8. The lowest BCUT2D eigenvalue weighted by Gasteiger charge is -2.07. The molecule has 0 saturated carbocycles. The normalized spacial score (nSPS) is 12.2. The van der Waals surface area contributed by atoms with E-state index < -0.39 is 11.7 Å². The number of alkyl halides is 4. The average molecular weight is 301 g/mol. The minimum atomic E-state index is -4.41. The van der Waals surface area contributed by atoms with E-state index in [-0.39, 0.29) is 5.88 Å². The van der Waals surface area contributed by atoms with E-state index in [9.17, 15) is 13.2 Å². The minimum absolute atomic E-state index is 0.0263. The maximum atomic E-state index is 12.7. The number of aromatic nitrogens is 2. The van der Waals surface area contributed by atoms with Crippen LogP contribution in [0.3, 0.4) is 0 Å². The van der Waals surface area contributed by atoms with Gasteiger partial charge in [-0.05, 0) is 24.3 Å². The van der Waals surface area contributed by atoms with Crippen molar-refractivity contribution in [1.82, 2.24) is 9.38 Å². The van der Waals surface area contributed by atoms with Gasteiger partial charge in [0, 0.05) is 6.20 Å². The van der Waals surface area contributed by atoms with Crippen molar-refractivity contribution >= 4 is 17.2 Å². The summed E-state index contributed by atoms with van der Waals surface area (Å²) >= 11 is 5.85. The van der Waals surface area contributed by atoms with Gasteiger partial charge >= 0.3 is 6.18 Å². The first-order chi connectivity index (χ1) is 9.50. The Morgan fingerprint density at radius 2 is 2.05 bits per heavy atom. The second-order valence-corrected chi connectivity index (χ2v) is 4.43. The van der Waals surface area contributed by atoms with Gasteiger partial charge in [0.2, 0.25) is 0 Å². The van der Waals surface area contributed by atoms with Gasteiger partial charge < -0.3 is 8.82 Å². The molecule has 3 heterocycles. The number of rotatable bonds is 2. The molecule has 0 spiro atoms. The molecular weight excluding hydrogens is 293 g/mol. The molecule has 3 aromatic heterocycles. The van der Waals surface area contributed by atoms with Crippen LogP contribution in [-0.4, -0.2) is 9.38 Å². The summed E-state index contributed by atoms with van der Waals surface area (Å²) in [4.78, 5) is 4.27. The van der Waals surface area contributed by atoms with E-state index in [0.29, 0.717) is 22.8 Å². The molecule has 20 heavy (non-hydrogen) atoms. The van der Waals surface area contributed by atoms with Crippen LogP contribution in [0.5, 0.6) is 0 Å². The van der Waals surface area contributed by atoms with Crippen LogP contribution in [0, 0.1) is 0 Å². The van der Waals surface area contributed by atoms with E-state index >= 15 is 0 Å². The fourth-order valence-corrected chi connectivity index (χ4v) is 2.25. The predicted octanol–water partition coefficient (Wildman–Crippen LogP) is 4.35. The van der Waals surface area contributed by atoms with E-state index in [4.69, 9.17) is 16.0 Å². The van der Waals surface area contributed by atoms with E-state index in [2.05, 4.69) is 4.98 Å². The first kappa shape index (κ1) is 13.1. The van der Waals surface area contributed by atoms with Crippen LogP contribution in [-0.2, 0) is 12.1 Å². The summed E-state index contributed by atoms with van der Waals surface area (Å²) in [5.74, 6) is 0.497. The molecule has 3 aromatic rings. The molecule has 7 heteroatoms. The monoisotopic (exact) mass is 300 g/mol. The summed E-state index contributed by atoms with van der Waals surface area (Å²) in [7, 11) is 0. The number of imidazole rings is 1. The lowest BCUT2D eigenvalue weighted by Crippen LogP contribution is -2.06. The van der Waals surface area contributed by atoms with Crippen LogP contribution in [0.15, 0.2) is 41.1 Å². The van der Waals surface area contributed by atoms with Crippen molar-refractivity contribution in [3.63, 3.8) is 0 Å². The Hall–Kier alpha value is -1.95. The molecule has 0 saturated heterocycles. The van der Waals surface area contributed by atoms with Gasteiger partial charge in [0.05, 0.1) is 23.4 Å². The number of hydrogen-bond acceptors (Lipinski definition) is 2. The number of fused-ring (bicyclic) bond motifs is 1. The quantitative estimate of drug-likeness (QED) is 0.659. The molecule has 0 aromatic carbocycles. The van der Waals surface area contributed by atoms with Crippen molar-refractivity contribution in [2.75, 3.05) is 0 Å². The molecule has 0 atom stereocenters. The van der Waals surface area contributed by atoms with Gasteiger partial charge in [-0.1, -0.05) is 0 Å². The molecule has 0 aliphatic rings. The maximum absolute atomic E-state index is 12.7. The molecule has 3 nitrogen and oxygen atoms in total. The molecule has 0 bridgehead atoms. The first-order valence-electron chi connectivity index (χ1n) is 5.68. The van der Waals surface area contributed by atoms with Crippen LogP contribution < -0.4 is 0 Å². The highest BCUT2D eigenvalue weighted by atomic mass is 35.5. The van der Waals surface area contributed by atoms with Gasteiger partial charge in [0.25, 0.3) is 0 Å². The second kappa shape index (κ2) is 4.56. The zero-order valence-corrected chi connectivity index (χ0v) is 10.7. The zero-order valence-electron chi connectivity index (χ0n) is 9.99. The van der Waals surface area contributed by atoms with Gasteiger partial charge in [-0.25, -0.2) is 4.98 Å². The molecule has 0 fully saturated rings. The van der Waals surface area contributed by atoms with Gasteiger partial charge in [-0.2, -0.15) is 13.2 Å². The third-order valence-corrected chi connectivity index (χ3v) is 3.18. The third kappa shape index (κ3) is 2.06. The van der Waals surface area contributed by atoms with Gasteiger partial charge in [-0.3, -0.25) is 0 Å². The smallest absolute Gasteiger partial charge is 0.417 e. The lowest BCUT2D eigenvalue weighted by molar-refractivity contribution is -0.137. The number of pyridine rings is 1. The molecule has 0 amide bonds. The Labute approximate surface area is 116 Å². The zero-order chi connectivity index (χ0) is 14.3. The number of halogens is 4. The molecule has 0 N–H and O–H groups in total. The van der Waals surface area contributed by atoms with Crippen molar-refractivity contribution in [2.24, 2.45) is 0 Å². The lowest BCUT2D eigenvalue weighted by atomic mass is 10.2. The van der Waals surface area contributed by atoms with Crippen molar-refractivity contribution < 1.29 is 17.6 Å². The van der Waals surface area contributed by atoms with Crippen LogP contribution in [0.1, 0.15) is 11.3 Å². The largest absolute Gasteiger partial charge is 0.463 e. The fourth-order valence-electron chi connectivity index (χ4n) is 2.00. The summed E-state index contributed by atoms with van der Waals surface area (Å²) in [6.45, 7) is 0. The van der Waals surface area contributed by atoms with Gasteiger partial charge in [0.15, 0.2) is 5.76 Å². The molecule has 0 unspecified atom stereocenters. The first-order valence-corrected chi connectivity index (χ1v) is 6.22. The van der Waals surface area contributed by atoms with Crippen molar-refractivity contribution in [2.45, 2.75) is 12.1 Å². The third-order valence-electron chi connectivity index (χ3n) is 2.93. The van der Waals surface area contributed by atoms with Crippen LogP contribution in [0.4, 0.5) is 13.2 Å². The highest BCUT2D eigenvalue weighted by Crippen LogP contribution is 2.32. The highest BCUT2D eigenvalue weighted by molar-refractivity contribution is 6.17. The predicted molar refractivity (Wildman–Crippen MR) is 67.5 cm³/mol. The van der Waals surface area contributed by atoms with Crippen molar-refractivity contribution in [1.29, 1.82) is 0 Å². The minimum Gasteiger partial charge on any atom is -0.463 e. The summed E-state index contributed by atoms with van der Waals surface area (Å²) in [6, 6.07) is 5.67. The van der Waals surface area contributed by atoms with Gasteiger partial charge in [0.1, 0.15) is 11.3 Å². The Kier molecular flexibility index (Phi) is 2.97. The summed E-state index contributed by atoms with van der Waals surface area (Å²) in [6.07, 6.45) is -1.95. The fraction of sp³-hybridized carbons (Fsp3) is 0.154. The molecule has 104 valence electrons. The summed E-state index contributed by atoms with van der Waals surface area (Å²) in [5, 5.41) is 0. The topological polar surface area (TPSA) is 30.4 Å². The number of nitrogens with zero attached hydrogens (tertiary/aromatic N) is 2. The SMILES string of the molecule is FC(F)(F)c1ccc2nc(-c3ccco3)c(CCl)n2c1. The average Bonchev–Trinajstić information content (AvgIpc) is 3.03. The number of furan rings is 1. The van der Waals surface area contributed by atoms with E-state index in [1.165, 1.54) is 16.7 Å². The standard InChI is InChI=1S/C13H8ClF3N2O/c14-6-9-12(10-2-1-5-20-10)18-11-4-3-8(7-19(9)11)13(15,16)17/h1-5,7H,6H2. The van der Waals surface area contributed by atoms with Crippen molar-refractivity contribution in [3.8, 4) is 11.5 Å². The van der Waals surface area contributed by atoms with E-state index in [0.717, 1.165) is 12.3 Å². The van der Waals surface area contributed by atoms with Crippen LogP contribution >= 0.6 is 11.6 Å². The Morgan fingerprint density at radius 3 is 2.65 bits per heavy atom.